The molecule has 2 aromatic heterocycles. The van der Waals surface area contributed by atoms with Crippen molar-refractivity contribution >= 4 is 16.9 Å². The quantitative estimate of drug-likeness (QED) is 0.776. The molecule has 1 atom stereocenters. The van der Waals surface area contributed by atoms with Crippen LogP contribution < -0.4 is 10.9 Å². The van der Waals surface area contributed by atoms with Crippen molar-refractivity contribution in [3.05, 3.63) is 70.4 Å². The summed E-state index contributed by atoms with van der Waals surface area (Å²) in [4.78, 5) is 32.3. The minimum atomic E-state index is -4.76. The number of nitrogens with zero attached hydrogens (tertiary/aromatic N) is 3. The summed E-state index contributed by atoms with van der Waals surface area (Å²) in [5, 5.41) is 1.84. The molecule has 0 saturated carbocycles. The fourth-order valence-electron chi connectivity index (χ4n) is 2.53. The Bertz CT molecular complexity index is 1020. The lowest BCUT2D eigenvalue weighted by atomic mass is 10.1. The molecule has 6 nitrogen and oxygen atoms in total. The first-order valence-corrected chi connectivity index (χ1v) is 7.52. The molecule has 1 N–H and O–H groups in total. The van der Waals surface area contributed by atoms with E-state index in [1.54, 1.807) is 24.3 Å². The van der Waals surface area contributed by atoms with E-state index in [0.29, 0.717) is 11.0 Å². The van der Waals surface area contributed by atoms with E-state index in [4.69, 9.17) is 0 Å². The third-order valence-corrected chi connectivity index (χ3v) is 3.82. The fraction of sp³-hybridized carbons (Fsp3) is 0.176. The second-order valence-corrected chi connectivity index (χ2v) is 5.55. The molecule has 0 aliphatic carbocycles. The molecule has 0 spiro atoms. The van der Waals surface area contributed by atoms with Gasteiger partial charge in [0.1, 0.15) is 0 Å². The molecule has 3 aromatic rings. The highest BCUT2D eigenvalue weighted by Gasteiger charge is 2.42. The van der Waals surface area contributed by atoms with Gasteiger partial charge in [0.05, 0.1) is 11.0 Å². The summed E-state index contributed by atoms with van der Waals surface area (Å²) in [6.45, 7) is 0. The Balaban J connectivity index is 2.02. The van der Waals surface area contributed by atoms with Crippen molar-refractivity contribution in [2.24, 2.45) is 7.05 Å². The van der Waals surface area contributed by atoms with Crippen LogP contribution >= 0.6 is 0 Å². The van der Waals surface area contributed by atoms with E-state index in [-0.39, 0.29) is 5.56 Å². The Morgan fingerprint density at radius 3 is 2.58 bits per heavy atom. The molecule has 0 aliphatic rings. The zero-order chi connectivity index (χ0) is 18.9. The summed E-state index contributed by atoms with van der Waals surface area (Å²) < 4.78 is 41.3. The van der Waals surface area contributed by atoms with E-state index in [2.05, 4.69) is 9.97 Å². The predicted molar refractivity (Wildman–Crippen MR) is 87.5 cm³/mol. The average Bonchev–Trinajstić information content (AvgIpc) is 2.62. The molecule has 0 bridgehead atoms. The van der Waals surface area contributed by atoms with Crippen LogP contribution in [0.5, 0.6) is 0 Å². The highest BCUT2D eigenvalue weighted by Crippen LogP contribution is 2.32. The first-order valence-electron chi connectivity index (χ1n) is 7.52. The average molecular weight is 362 g/mol. The Kier molecular flexibility index (Phi) is 4.45. The van der Waals surface area contributed by atoms with Gasteiger partial charge in [-0.3, -0.25) is 14.6 Å². The van der Waals surface area contributed by atoms with Gasteiger partial charge in [0.15, 0.2) is 11.7 Å². The molecule has 0 aliphatic heterocycles. The van der Waals surface area contributed by atoms with Crippen molar-refractivity contribution in [2.45, 2.75) is 12.2 Å². The monoisotopic (exact) mass is 362 g/mol. The minimum absolute atomic E-state index is 0.244. The number of fused-ring (bicyclic) bond motifs is 1. The van der Waals surface area contributed by atoms with E-state index in [9.17, 15) is 22.8 Å². The molecule has 0 radical (unpaired) electrons. The maximum Gasteiger partial charge on any atom is 0.412 e. The number of carbonyl (C=O) groups excluding carboxylic acids is 1. The molecular formula is C17H13F3N4O2. The van der Waals surface area contributed by atoms with Crippen LogP contribution in [0.25, 0.3) is 11.0 Å². The number of para-hydroxylation sites is 2. The number of halogens is 3. The van der Waals surface area contributed by atoms with E-state index < -0.39 is 29.4 Å². The Morgan fingerprint density at radius 2 is 1.92 bits per heavy atom. The predicted octanol–water partition coefficient (Wildman–Crippen LogP) is 2.36. The van der Waals surface area contributed by atoms with E-state index in [1.165, 1.54) is 29.9 Å². The highest BCUT2D eigenvalue weighted by molar-refractivity contribution is 5.94. The van der Waals surface area contributed by atoms with Crippen LogP contribution in [0.4, 0.5) is 13.2 Å². The SMILES string of the molecule is Cn1c(=O)c(C(=O)N[C@@H](c2cccnc2)C(F)(F)F)nc2ccccc21. The molecule has 1 aromatic carbocycles. The molecule has 9 heteroatoms. The number of benzene rings is 1. The second kappa shape index (κ2) is 6.58. The molecular weight excluding hydrogens is 349 g/mol. The lowest BCUT2D eigenvalue weighted by Crippen LogP contribution is -2.41. The second-order valence-electron chi connectivity index (χ2n) is 5.55. The normalized spacial score (nSPS) is 12.8. The van der Waals surface area contributed by atoms with Gasteiger partial charge in [0.25, 0.3) is 11.5 Å². The zero-order valence-electron chi connectivity index (χ0n) is 13.5. The van der Waals surface area contributed by atoms with Crippen molar-refractivity contribution in [3.63, 3.8) is 0 Å². The lowest BCUT2D eigenvalue weighted by molar-refractivity contribution is -0.155. The minimum Gasteiger partial charge on any atom is -0.335 e. The van der Waals surface area contributed by atoms with Crippen molar-refractivity contribution in [1.29, 1.82) is 0 Å². The number of rotatable bonds is 3. The number of hydrogen-bond donors (Lipinski definition) is 1. The van der Waals surface area contributed by atoms with Crippen LogP contribution in [0.1, 0.15) is 22.1 Å². The molecule has 0 fully saturated rings. The Labute approximate surface area is 145 Å². The summed E-state index contributed by atoms with van der Waals surface area (Å²) in [5.41, 5.74) is -0.845. The van der Waals surface area contributed by atoms with Crippen LogP contribution in [0.2, 0.25) is 0 Å². The van der Waals surface area contributed by atoms with Crippen molar-refractivity contribution in [3.8, 4) is 0 Å². The first-order chi connectivity index (χ1) is 12.3. The molecule has 2 heterocycles. The summed E-state index contributed by atoms with van der Waals surface area (Å²) in [6, 6.07) is 6.74. The maximum absolute atomic E-state index is 13.4. The summed E-state index contributed by atoms with van der Waals surface area (Å²) in [6.07, 6.45) is -2.44. The number of aryl methyl sites for hydroxylation is 1. The topological polar surface area (TPSA) is 76.9 Å². The zero-order valence-corrected chi connectivity index (χ0v) is 13.5. The van der Waals surface area contributed by atoms with Gasteiger partial charge in [0, 0.05) is 25.0 Å². The summed E-state index contributed by atoms with van der Waals surface area (Å²) in [7, 11) is 1.42. The number of pyridine rings is 1. The Morgan fingerprint density at radius 1 is 1.19 bits per heavy atom. The van der Waals surface area contributed by atoms with Crippen LogP contribution in [-0.2, 0) is 7.05 Å². The number of nitrogens with one attached hydrogen (secondary N) is 1. The Hall–Kier alpha value is -3.23. The van der Waals surface area contributed by atoms with Crippen molar-refractivity contribution in [1.82, 2.24) is 19.9 Å². The van der Waals surface area contributed by atoms with Crippen molar-refractivity contribution in [2.75, 3.05) is 0 Å². The van der Waals surface area contributed by atoms with E-state index >= 15 is 0 Å². The van der Waals surface area contributed by atoms with Gasteiger partial charge in [-0.15, -0.1) is 0 Å². The summed E-state index contributed by atoms with van der Waals surface area (Å²) in [5.74, 6) is -1.21. The number of hydrogen-bond acceptors (Lipinski definition) is 4. The number of carbonyl (C=O) groups is 1. The van der Waals surface area contributed by atoms with Gasteiger partial charge in [-0.05, 0) is 18.2 Å². The number of aromatic nitrogens is 3. The van der Waals surface area contributed by atoms with Crippen molar-refractivity contribution < 1.29 is 18.0 Å². The standard InChI is InChI=1S/C17H13F3N4O2/c1-24-12-7-3-2-6-11(12)22-13(16(24)26)15(25)23-14(17(18,19)20)10-5-4-8-21-9-10/h2-9,14H,1H3,(H,23,25)/t14-/m0/s1. The summed E-state index contributed by atoms with van der Waals surface area (Å²) >= 11 is 0. The molecule has 134 valence electrons. The van der Waals surface area contributed by atoms with Crippen LogP contribution in [-0.4, -0.2) is 26.6 Å². The first kappa shape index (κ1) is 17.6. The van der Waals surface area contributed by atoms with Gasteiger partial charge >= 0.3 is 6.18 Å². The molecule has 1 amide bonds. The third-order valence-electron chi connectivity index (χ3n) is 3.82. The van der Waals surface area contributed by atoms with Gasteiger partial charge < -0.3 is 9.88 Å². The van der Waals surface area contributed by atoms with Gasteiger partial charge in [-0.1, -0.05) is 18.2 Å². The van der Waals surface area contributed by atoms with Crippen LogP contribution in [0, 0.1) is 0 Å². The highest BCUT2D eigenvalue weighted by atomic mass is 19.4. The van der Waals surface area contributed by atoms with Gasteiger partial charge in [0.2, 0.25) is 0 Å². The number of amides is 1. The molecule has 3 rings (SSSR count). The maximum atomic E-state index is 13.4. The number of alkyl halides is 3. The molecule has 26 heavy (non-hydrogen) atoms. The van der Waals surface area contributed by atoms with Gasteiger partial charge in [-0.25, -0.2) is 4.98 Å². The van der Waals surface area contributed by atoms with E-state index in [1.807, 2.05) is 5.32 Å². The molecule has 0 unspecified atom stereocenters. The fourth-order valence-corrected chi connectivity index (χ4v) is 2.53. The van der Waals surface area contributed by atoms with Crippen LogP contribution in [0.15, 0.2) is 53.6 Å². The third kappa shape index (κ3) is 3.28. The smallest absolute Gasteiger partial charge is 0.335 e. The lowest BCUT2D eigenvalue weighted by Gasteiger charge is -2.21. The van der Waals surface area contributed by atoms with Crippen LogP contribution in [0.3, 0.4) is 0 Å². The van der Waals surface area contributed by atoms with E-state index in [0.717, 1.165) is 6.20 Å². The largest absolute Gasteiger partial charge is 0.412 e. The molecule has 0 saturated heterocycles. The van der Waals surface area contributed by atoms with Gasteiger partial charge in [-0.2, -0.15) is 13.2 Å².